The molecular formula is C25H24ClF3N4O2. The fraction of sp³-hybridized carbons (Fsp3) is 0.360. The smallest absolute Gasteiger partial charge is 0.261 e. The van der Waals surface area contributed by atoms with Gasteiger partial charge in [0.05, 0.1) is 16.3 Å². The van der Waals surface area contributed by atoms with E-state index >= 15 is 0 Å². The van der Waals surface area contributed by atoms with Crippen LogP contribution in [0.25, 0.3) is 0 Å². The van der Waals surface area contributed by atoms with Gasteiger partial charge in [0.1, 0.15) is 17.2 Å². The van der Waals surface area contributed by atoms with Gasteiger partial charge in [-0.15, -0.1) is 0 Å². The molecule has 35 heavy (non-hydrogen) atoms. The van der Waals surface area contributed by atoms with Crippen molar-refractivity contribution in [1.82, 2.24) is 9.78 Å². The molecule has 6 nitrogen and oxygen atoms in total. The lowest BCUT2D eigenvalue weighted by molar-refractivity contribution is 0.0340. The zero-order valence-electron chi connectivity index (χ0n) is 18.9. The van der Waals surface area contributed by atoms with Gasteiger partial charge < -0.3 is 16.2 Å². The van der Waals surface area contributed by atoms with Gasteiger partial charge in [-0.2, -0.15) is 5.10 Å². The Bertz CT molecular complexity index is 1310. The summed E-state index contributed by atoms with van der Waals surface area (Å²) >= 11 is 5.82. The average molecular weight is 505 g/mol. The molecular weight excluding hydrogens is 481 g/mol. The molecule has 1 aromatic heterocycles. The highest BCUT2D eigenvalue weighted by Gasteiger charge is 2.50. The Labute approximate surface area is 204 Å². The highest BCUT2D eigenvalue weighted by molar-refractivity contribution is 6.31. The van der Waals surface area contributed by atoms with E-state index in [1.165, 1.54) is 22.9 Å². The van der Waals surface area contributed by atoms with Crippen LogP contribution >= 0.6 is 11.6 Å². The molecule has 0 spiro atoms. The maximum Gasteiger partial charge on any atom is 0.261 e. The monoisotopic (exact) mass is 504 g/mol. The molecule has 2 aliphatic rings. The maximum absolute atomic E-state index is 13.8. The Morgan fingerprint density at radius 1 is 1.11 bits per heavy atom. The number of rotatable bonds is 4. The molecule has 4 N–H and O–H groups in total. The van der Waals surface area contributed by atoms with Gasteiger partial charge in [0.15, 0.2) is 11.6 Å². The van der Waals surface area contributed by atoms with E-state index in [4.69, 9.17) is 17.3 Å². The average Bonchev–Trinajstić information content (AvgIpc) is 3.42. The molecule has 2 saturated carbocycles. The molecule has 2 unspecified atom stereocenters. The molecule has 0 saturated heterocycles. The Balaban J connectivity index is 1.35. The number of nitrogen functional groups attached to an aromatic ring is 1. The van der Waals surface area contributed by atoms with Crippen molar-refractivity contribution in [1.29, 1.82) is 0 Å². The maximum atomic E-state index is 13.8. The van der Waals surface area contributed by atoms with E-state index in [-0.39, 0.29) is 34.2 Å². The molecule has 1 heterocycles. The van der Waals surface area contributed by atoms with Gasteiger partial charge in [-0.3, -0.25) is 9.48 Å². The summed E-state index contributed by atoms with van der Waals surface area (Å²) < 4.78 is 42.1. The zero-order chi connectivity index (χ0) is 25.1. The Hall–Kier alpha value is -3.04. The van der Waals surface area contributed by atoms with Crippen LogP contribution in [0.1, 0.15) is 53.2 Å². The zero-order valence-corrected chi connectivity index (χ0v) is 19.6. The molecule has 5 rings (SSSR count). The highest BCUT2D eigenvalue weighted by Crippen LogP contribution is 2.57. The number of hydrogen-bond donors (Lipinski definition) is 3. The number of carbonyl (C=O) groups excluding carboxylic acids is 1. The van der Waals surface area contributed by atoms with Crippen LogP contribution < -0.4 is 11.1 Å². The second-order valence-corrected chi connectivity index (χ2v) is 10.0. The molecule has 3 aromatic rings. The lowest BCUT2D eigenvalue weighted by Gasteiger charge is -2.25. The van der Waals surface area contributed by atoms with Gasteiger partial charge in [-0.1, -0.05) is 17.7 Å². The Kier molecular flexibility index (Phi) is 5.80. The number of aryl methyl sites for hydroxylation is 1. The minimum Gasteiger partial charge on any atom is -0.385 e. The quantitative estimate of drug-likeness (QED) is 0.460. The van der Waals surface area contributed by atoms with Crippen molar-refractivity contribution < 1.29 is 23.1 Å². The number of hydrogen-bond acceptors (Lipinski definition) is 4. The molecule has 2 atom stereocenters. The first-order valence-electron chi connectivity index (χ1n) is 11.3. The number of halogens is 4. The van der Waals surface area contributed by atoms with Crippen LogP contribution in [0, 0.1) is 29.3 Å². The number of carbonyl (C=O) groups is 1. The lowest BCUT2D eigenvalue weighted by Crippen LogP contribution is -2.23. The third kappa shape index (κ3) is 4.16. The Morgan fingerprint density at radius 3 is 2.40 bits per heavy atom. The van der Waals surface area contributed by atoms with Gasteiger partial charge in [-0.25, -0.2) is 13.2 Å². The van der Waals surface area contributed by atoms with E-state index in [1.807, 2.05) is 0 Å². The van der Waals surface area contributed by atoms with Crippen molar-refractivity contribution >= 4 is 29.0 Å². The van der Waals surface area contributed by atoms with Gasteiger partial charge >= 0.3 is 0 Å². The minimum atomic E-state index is -1.22. The SMILES string of the molecule is Cn1nc(C2CC3CC(O)(c4ccc(F)c(F)c4)CC3C2)c(C(=O)Nc2ccc(F)c(Cl)c2)c1N. The van der Waals surface area contributed by atoms with Gasteiger partial charge in [-0.05, 0) is 73.4 Å². The van der Waals surface area contributed by atoms with Crippen LogP contribution in [-0.4, -0.2) is 20.8 Å². The molecule has 184 valence electrons. The van der Waals surface area contributed by atoms with Crippen molar-refractivity contribution in [3.05, 3.63) is 75.7 Å². The number of amides is 1. The summed E-state index contributed by atoms with van der Waals surface area (Å²) in [6.45, 7) is 0. The third-order valence-corrected chi connectivity index (χ3v) is 7.70. The topological polar surface area (TPSA) is 93.2 Å². The summed E-state index contributed by atoms with van der Waals surface area (Å²) in [7, 11) is 1.65. The first-order valence-corrected chi connectivity index (χ1v) is 11.7. The normalized spacial score (nSPS) is 25.6. The number of anilines is 2. The predicted octanol–water partition coefficient (Wildman–Crippen LogP) is 5.12. The van der Waals surface area contributed by atoms with Crippen molar-refractivity contribution in [2.24, 2.45) is 18.9 Å². The van der Waals surface area contributed by atoms with Gasteiger partial charge in [0.25, 0.3) is 5.91 Å². The molecule has 1 amide bonds. The standard InChI is InChI=1S/C25H24ClF3N4O2/c1-33-23(30)21(24(34)31-16-3-5-18(27)17(26)9-16)22(32-33)12-6-13-10-25(35,11-14(13)7-12)15-2-4-19(28)20(29)8-15/h2-5,8-9,12-14,35H,6-7,10-11,30H2,1H3,(H,31,34). The Morgan fingerprint density at radius 2 is 1.77 bits per heavy atom. The second kappa shape index (κ2) is 8.57. The summed E-state index contributed by atoms with van der Waals surface area (Å²) in [5, 5.41) is 18.3. The minimum absolute atomic E-state index is 0.0550. The van der Waals surface area contributed by atoms with E-state index in [0.717, 1.165) is 18.2 Å². The van der Waals surface area contributed by atoms with Crippen LogP contribution in [0.5, 0.6) is 0 Å². The van der Waals surface area contributed by atoms with Gasteiger partial charge in [0, 0.05) is 18.7 Å². The number of aliphatic hydroxyl groups is 1. The van der Waals surface area contributed by atoms with E-state index in [0.29, 0.717) is 42.6 Å². The lowest BCUT2D eigenvalue weighted by atomic mass is 9.87. The molecule has 10 heteroatoms. The summed E-state index contributed by atoms with van der Waals surface area (Å²) in [4.78, 5) is 13.1. The summed E-state index contributed by atoms with van der Waals surface area (Å²) in [6, 6.07) is 7.43. The fourth-order valence-corrected chi connectivity index (χ4v) is 5.93. The van der Waals surface area contributed by atoms with Crippen molar-refractivity contribution in [2.45, 2.75) is 37.2 Å². The van der Waals surface area contributed by atoms with Crippen molar-refractivity contribution in [3.8, 4) is 0 Å². The molecule has 2 aromatic carbocycles. The first kappa shape index (κ1) is 23.7. The van der Waals surface area contributed by atoms with Gasteiger partial charge in [0.2, 0.25) is 0 Å². The first-order chi connectivity index (χ1) is 16.6. The van der Waals surface area contributed by atoms with E-state index in [1.54, 1.807) is 7.05 Å². The molecule has 2 aliphatic carbocycles. The predicted molar refractivity (Wildman–Crippen MR) is 125 cm³/mol. The molecule has 0 radical (unpaired) electrons. The number of aromatic nitrogens is 2. The number of nitrogens with two attached hydrogens (primary N) is 1. The molecule has 0 bridgehead atoms. The number of fused-ring (bicyclic) bond motifs is 1. The largest absolute Gasteiger partial charge is 0.385 e. The van der Waals surface area contributed by atoms with Crippen LogP contribution in [0.3, 0.4) is 0 Å². The summed E-state index contributed by atoms with van der Waals surface area (Å²) in [6.07, 6.45) is 2.18. The molecule has 2 fully saturated rings. The van der Waals surface area contributed by atoms with E-state index in [9.17, 15) is 23.1 Å². The third-order valence-electron chi connectivity index (χ3n) is 7.41. The summed E-state index contributed by atoms with van der Waals surface area (Å²) in [5.41, 5.74) is 6.50. The second-order valence-electron chi connectivity index (χ2n) is 9.61. The van der Waals surface area contributed by atoms with E-state index < -0.39 is 29.0 Å². The van der Waals surface area contributed by atoms with Crippen molar-refractivity contribution in [2.75, 3.05) is 11.1 Å². The fourth-order valence-electron chi connectivity index (χ4n) is 5.75. The number of benzene rings is 2. The van der Waals surface area contributed by atoms with Crippen LogP contribution in [0.2, 0.25) is 5.02 Å². The van der Waals surface area contributed by atoms with Crippen molar-refractivity contribution in [3.63, 3.8) is 0 Å². The van der Waals surface area contributed by atoms with Crippen LogP contribution in [-0.2, 0) is 12.6 Å². The number of nitrogens with one attached hydrogen (secondary N) is 1. The highest BCUT2D eigenvalue weighted by atomic mass is 35.5. The summed E-state index contributed by atoms with van der Waals surface area (Å²) in [5.74, 6) is -2.57. The van der Waals surface area contributed by atoms with Crippen LogP contribution in [0.4, 0.5) is 24.7 Å². The van der Waals surface area contributed by atoms with Crippen LogP contribution in [0.15, 0.2) is 36.4 Å². The number of nitrogens with zero attached hydrogens (tertiary/aromatic N) is 2. The van der Waals surface area contributed by atoms with E-state index in [2.05, 4.69) is 10.4 Å². The molecule has 0 aliphatic heterocycles.